The van der Waals surface area contributed by atoms with E-state index in [2.05, 4.69) is 153 Å². The summed E-state index contributed by atoms with van der Waals surface area (Å²) in [7, 11) is 0. The quantitative estimate of drug-likeness (QED) is 0.169. The van der Waals surface area contributed by atoms with Gasteiger partial charge < -0.3 is 9.52 Å². The van der Waals surface area contributed by atoms with Gasteiger partial charge in [-0.3, -0.25) is 9.55 Å². The summed E-state index contributed by atoms with van der Waals surface area (Å²) >= 11 is 0. The normalized spacial score (nSPS) is 11.7. The van der Waals surface area contributed by atoms with Gasteiger partial charge in [0.2, 0.25) is 0 Å². The number of aromatic nitrogens is 3. The van der Waals surface area contributed by atoms with Crippen LogP contribution >= 0.6 is 0 Å². The van der Waals surface area contributed by atoms with E-state index in [0.29, 0.717) is 11.4 Å². The van der Waals surface area contributed by atoms with Crippen molar-refractivity contribution in [1.29, 1.82) is 0 Å². The fourth-order valence-electron chi connectivity index (χ4n) is 8.65. The predicted molar refractivity (Wildman–Crippen MR) is 250 cm³/mol. The number of hydrogen-bond donors (Lipinski definition) is 1. The molecule has 0 saturated heterocycles. The van der Waals surface area contributed by atoms with Gasteiger partial charge in [0.25, 0.3) is 0 Å². The summed E-state index contributed by atoms with van der Waals surface area (Å²) in [6.45, 7) is 6.72. The van der Waals surface area contributed by atoms with Crippen LogP contribution in [-0.2, 0) is 26.5 Å². The summed E-state index contributed by atoms with van der Waals surface area (Å²) in [4.78, 5) is 10.5. The zero-order valence-electron chi connectivity index (χ0n) is 34.3. The third-order valence-corrected chi connectivity index (χ3v) is 11.8. The predicted octanol–water partition coefficient (Wildman–Crippen LogP) is 14.6. The van der Waals surface area contributed by atoms with Gasteiger partial charge in [-0.25, -0.2) is 4.98 Å². The minimum Gasteiger partial charge on any atom is -0.507 e. The van der Waals surface area contributed by atoms with Crippen molar-refractivity contribution in [3.05, 3.63) is 194 Å². The molecule has 0 spiro atoms. The number of pyridine rings is 1. The second-order valence-corrected chi connectivity index (χ2v) is 16.7. The first kappa shape index (κ1) is 39.1. The molecule has 0 saturated carbocycles. The molecule has 8 aromatic carbocycles. The molecule has 0 unspecified atom stereocenters. The zero-order valence-corrected chi connectivity index (χ0v) is 36.6. The Morgan fingerprint density at radius 1 is 0.581 bits per heavy atom. The minimum absolute atomic E-state index is 0. The molecule has 302 valence electrons. The monoisotopic (exact) mass is 981 g/mol. The SMILES string of the molecule is CC(C)(C)c1ccc(-n2c(-c3ccccc3O)nc3c(-c4[c-]c(-c5cc6oc7c8ccccc8ccc7c6cn5)cc(-c5ccccc5)c4)cccc32)c(-c2ccccc2)c1.[Pt]. The number of imidazole rings is 1. The molecule has 0 aliphatic rings. The molecule has 1 N–H and O–H groups in total. The largest absolute Gasteiger partial charge is 0.507 e. The van der Waals surface area contributed by atoms with Crippen LogP contribution in [0.5, 0.6) is 5.75 Å². The third-order valence-electron chi connectivity index (χ3n) is 11.8. The minimum atomic E-state index is -0.0672. The summed E-state index contributed by atoms with van der Waals surface area (Å²) in [5.41, 5.74) is 13.8. The fraction of sp³-hybridized carbons (Fsp3) is 0.0714. The molecule has 3 aromatic heterocycles. The third kappa shape index (κ3) is 6.70. The van der Waals surface area contributed by atoms with Gasteiger partial charge in [0.15, 0.2) is 0 Å². The molecule has 3 heterocycles. The zero-order chi connectivity index (χ0) is 41.2. The Kier molecular flexibility index (Phi) is 9.73. The van der Waals surface area contributed by atoms with Crippen molar-refractivity contribution in [1.82, 2.24) is 14.5 Å². The molecular weight excluding hydrogens is 942 g/mol. The average molecular weight is 982 g/mol. The molecule has 0 aliphatic carbocycles. The Labute approximate surface area is 374 Å². The maximum Gasteiger partial charge on any atom is 0.148 e. The fourth-order valence-corrected chi connectivity index (χ4v) is 8.65. The number of phenols is 1. The van der Waals surface area contributed by atoms with Crippen LogP contribution in [0.4, 0.5) is 0 Å². The van der Waals surface area contributed by atoms with E-state index >= 15 is 0 Å². The molecule has 0 amide bonds. The van der Waals surface area contributed by atoms with Crippen molar-refractivity contribution in [3.63, 3.8) is 0 Å². The van der Waals surface area contributed by atoms with Gasteiger partial charge >= 0.3 is 0 Å². The standard InChI is InChI=1S/C56H40N3O2.Pt/c1-56(2,3)41-26-28-49(46(32-41)36-17-8-5-9-18-36)59-50-23-14-22-42(53(50)58-55(59)45-21-12-13-24-51(45)60)39-29-38(35-15-6-4-7-16-35)30-40(31-39)48-33-52-47(34-57-48)44-27-25-37-19-10-11-20-43(37)54(44)61-52;/h4-30,32-34,60H,1-3H3;/q-1;. The van der Waals surface area contributed by atoms with E-state index < -0.39 is 0 Å². The molecule has 5 nitrogen and oxygen atoms in total. The van der Waals surface area contributed by atoms with Crippen LogP contribution < -0.4 is 0 Å². The second kappa shape index (κ2) is 15.4. The number of aromatic hydroxyl groups is 1. The molecule has 0 aliphatic heterocycles. The number of hydrogen-bond acceptors (Lipinski definition) is 4. The van der Waals surface area contributed by atoms with Gasteiger partial charge in [0, 0.05) is 54.7 Å². The van der Waals surface area contributed by atoms with E-state index in [4.69, 9.17) is 14.4 Å². The molecule has 0 fully saturated rings. The van der Waals surface area contributed by atoms with E-state index in [1.165, 1.54) is 5.56 Å². The van der Waals surface area contributed by atoms with Crippen molar-refractivity contribution in [2.75, 3.05) is 0 Å². The van der Waals surface area contributed by atoms with Crippen LogP contribution in [0.15, 0.2) is 187 Å². The number of para-hydroxylation sites is 2. The topological polar surface area (TPSA) is 64.1 Å². The van der Waals surface area contributed by atoms with Crippen LogP contribution in [0.3, 0.4) is 0 Å². The Balaban J connectivity index is 0.00000458. The van der Waals surface area contributed by atoms with Gasteiger partial charge in [-0.05, 0) is 70.0 Å². The summed E-state index contributed by atoms with van der Waals surface area (Å²) in [5.74, 6) is 0.804. The van der Waals surface area contributed by atoms with Crippen LogP contribution in [0.25, 0.3) is 105 Å². The Hall–Kier alpha value is -7.07. The molecular formula is C56H40N3O2Pt-. The smallest absolute Gasteiger partial charge is 0.148 e. The number of nitrogens with zero attached hydrogens (tertiary/aromatic N) is 3. The Morgan fingerprint density at radius 3 is 2.08 bits per heavy atom. The molecule has 11 aromatic rings. The molecule has 0 bridgehead atoms. The molecule has 11 rings (SSSR count). The molecule has 0 radical (unpaired) electrons. The maximum atomic E-state index is 11.4. The number of fused-ring (bicyclic) bond motifs is 6. The average Bonchev–Trinajstić information content (AvgIpc) is 3.88. The van der Waals surface area contributed by atoms with Crippen molar-refractivity contribution in [3.8, 4) is 67.5 Å². The van der Waals surface area contributed by atoms with Crippen LogP contribution in [0, 0.1) is 6.07 Å². The van der Waals surface area contributed by atoms with E-state index in [1.807, 2.05) is 54.7 Å². The first-order valence-corrected chi connectivity index (χ1v) is 20.6. The van der Waals surface area contributed by atoms with Crippen LogP contribution in [-0.4, -0.2) is 19.6 Å². The summed E-state index contributed by atoms with van der Waals surface area (Å²) in [6, 6.07) is 64.1. The second-order valence-electron chi connectivity index (χ2n) is 16.7. The van der Waals surface area contributed by atoms with Crippen molar-refractivity contribution in [2.24, 2.45) is 0 Å². The van der Waals surface area contributed by atoms with Crippen LogP contribution in [0.2, 0.25) is 0 Å². The Morgan fingerprint density at radius 2 is 1.29 bits per heavy atom. The van der Waals surface area contributed by atoms with E-state index in [1.54, 1.807) is 6.07 Å². The number of phenolic OH excluding ortho intramolecular Hbond substituents is 1. The van der Waals surface area contributed by atoms with E-state index in [0.717, 1.165) is 94.1 Å². The summed E-state index contributed by atoms with van der Waals surface area (Å²) < 4.78 is 8.81. The van der Waals surface area contributed by atoms with Gasteiger partial charge in [-0.15, -0.1) is 23.8 Å². The van der Waals surface area contributed by atoms with Gasteiger partial charge in [-0.2, -0.15) is 0 Å². The van der Waals surface area contributed by atoms with Crippen molar-refractivity contribution < 1.29 is 30.6 Å². The first-order valence-electron chi connectivity index (χ1n) is 20.6. The van der Waals surface area contributed by atoms with Crippen molar-refractivity contribution >= 4 is 43.7 Å². The van der Waals surface area contributed by atoms with E-state index in [-0.39, 0.29) is 32.2 Å². The van der Waals surface area contributed by atoms with Crippen LogP contribution in [0.1, 0.15) is 26.3 Å². The van der Waals surface area contributed by atoms with Gasteiger partial charge in [0.1, 0.15) is 22.7 Å². The summed E-state index contributed by atoms with van der Waals surface area (Å²) in [6.07, 6.45) is 1.92. The van der Waals surface area contributed by atoms with Gasteiger partial charge in [-0.1, -0.05) is 159 Å². The molecule has 62 heavy (non-hydrogen) atoms. The number of furan rings is 1. The maximum absolute atomic E-state index is 11.4. The molecule has 0 atom stereocenters. The van der Waals surface area contributed by atoms with Gasteiger partial charge in [0.05, 0.1) is 22.3 Å². The van der Waals surface area contributed by atoms with Crippen molar-refractivity contribution in [2.45, 2.75) is 26.2 Å². The summed E-state index contributed by atoms with van der Waals surface area (Å²) in [5, 5.41) is 15.6. The first-order chi connectivity index (χ1) is 29.8. The number of rotatable bonds is 6. The van der Waals surface area contributed by atoms with E-state index in [9.17, 15) is 5.11 Å². The Bertz CT molecular complexity index is 3470. The number of benzene rings is 8. The molecule has 6 heteroatoms.